The monoisotopic (exact) mass is 435 g/mol. The lowest BCUT2D eigenvalue weighted by molar-refractivity contribution is -0.140. The van der Waals surface area contributed by atoms with E-state index < -0.39 is 23.5 Å². The zero-order valence-corrected chi connectivity index (χ0v) is 17.6. The normalized spacial score (nSPS) is 17.9. The summed E-state index contributed by atoms with van der Waals surface area (Å²) < 4.78 is 25.7. The largest absolute Gasteiger partial charge is 0.507 e. The highest BCUT2D eigenvalue weighted by Gasteiger charge is 2.47. The summed E-state index contributed by atoms with van der Waals surface area (Å²) >= 11 is 0. The number of aliphatic hydroxyl groups excluding tert-OH is 1. The molecule has 1 aliphatic rings. The molecule has 2 heterocycles. The molecule has 4 rings (SSSR count). The number of carbonyl (C=O) groups is 2. The van der Waals surface area contributed by atoms with Crippen LogP contribution in [-0.2, 0) is 16.1 Å². The molecule has 0 aliphatic carbocycles. The van der Waals surface area contributed by atoms with Gasteiger partial charge >= 0.3 is 0 Å². The van der Waals surface area contributed by atoms with Gasteiger partial charge in [0.05, 0.1) is 30.5 Å². The van der Waals surface area contributed by atoms with E-state index in [9.17, 15) is 19.1 Å². The number of likely N-dealkylation sites (tertiary alicyclic amines) is 1. The summed E-state index contributed by atoms with van der Waals surface area (Å²) in [5, 5.41) is 11.0. The predicted molar refractivity (Wildman–Crippen MR) is 115 cm³/mol. The second kappa shape index (κ2) is 8.70. The zero-order chi connectivity index (χ0) is 22.8. The topological polar surface area (TPSA) is 80.0 Å². The molecule has 32 heavy (non-hydrogen) atoms. The highest BCUT2D eigenvalue weighted by molar-refractivity contribution is 6.46. The molecule has 1 amide bonds. The van der Waals surface area contributed by atoms with Crippen molar-refractivity contribution < 1.29 is 28.2 Å². The van der Waals surface area contributed by atoms with E-state index in [0.717, 1.165) is 0 Å². The molecule has 0 saturated carbocycles. The number of ketones is 1. The van der Waals surface area contributed by atoms with Crippen LogP contribution in [0.3, 0.4) is 0 Å². The molecule has 164 valence electrons. The van der Waals surface area contributed by atoms with Gasteiger partial charge in [-0.05, 0) is 56.3 Å². The van der Waals surface area contributed by atoms with Gasteiger partial charge in [0.15, 0.2) is 0 Å². The summed E-state index contributed by atoms with van der Waals surface area (Å²) in [6.45, 7) is 3.74. The summed E-state index contributed by atoms with van der Waals surface area (Å²) in [6.07, 6.45) is 1.42. The van der Waals surface area contributed by atoms with Crippen molar-refractivity contribution in [3.05, 3.63) is 95.2 Å². The molecule has 1 aromatic heterocycles. The standard InChI is InChI=1S/C25H22FNO5/c1-15(2)32-17-11-9-16(10-12-17)23(28)21-22(19-7-3-4-8-20(19)26)27(25(30)24(21)29)14-18-6-5-13-31-18/h3-13,15,22,28H,14H2,1-2H3/b23-21-. The highest BCUT2D eigenvalue weighted by atomic mass is 19.1. The number of carbonyl (C=O) groups excluding carboxylic acids is 2. The lowest BCUT2D eigenvalue weighted by Crippen LogP contribution is -2.29. The zero-order valence-electron chi connectivity index (χ0n) is 17.6. The van der Waals surface area contributed by atoms with Gasteiger partial charge < -0.3 is 19.2 Å². The molecular formula is C25H22FNO5. The Morgan fingerprint density at radius 1 is 1.09 bits per heavy atom. The van der Waals surface area contributed by atoms with Crippen LogP contribution in [0.25, 0.3) is 5.76 Å². The Morgan fingerprint density at radius 3 is 2.44 bits per heavy atom. The van der Waals surface area contributed by atoms with Crippen LogP contribution >= 0.6 is 0 Å². The fraction of sp³-hybridized carbons (Fsp3) is 0.200. The molecule has 1 saturated heterocycles. The number of hydrogen-bond donors (Lipinski definition) is 1. The number of Topliss-reactive ketones (excluding diaryl/α,β-unsaturated/α-hetero) is 1. The van der Waals surface area contributed by atoms with Gasteiger partial charge in [-0.25, -0.2) is 4.39 Å². The highest BCUT2D eigenvalue weighted by Crippen LogP contribution is 2.41. The van der Waals surface area contributed by atoms with Crippen LogP contribution in [0, 0.1) is 5.82 Å². The minimum absolute atomic E-state index is 0.0255. The molecule has 1 unspecified atom stereocenters. The first-order valence-corrected chi connectivity index (χ1v) is 10.2. The van der Waals surface area contributed by atoms with Crippen LogP contribution in [0.5, 0.6) is 5.75 Å². The third-order valence-corrected chi connectivity index (χ3v) is 5.15. The molecule has 6 nitrogen and oxygen atoms in total. The number of aliphatic hydroxyl groups is 1. The Labute approximate surface area is 184 Å². The summed E-state index contributed by atoms with van der Waals surface area (Å²) in [7, 11) is 0. The van der Waals surface area contributed by atoms with Crippen LogP contribution in [0.2, 0.25) is 0 Å². The van der Waals surface area contributed by atoms with Gasteiger partial charge in [-0.3, -0.25) is 9.59 Å². The first-order chi connectivity index (χ1) is 15.4. The SMILES string of the molecule is CC(C)Oc1ccc(/C(O)=C2/C(=O)C(=O)N(Cc3ccco3)C2c2ccccc2F)cc1. The van der Waals surface area contributed by atoms with Crippen molar-refractivity contribution in [3.8, 4) is 5.75 Å². The van der Waals surface area contributed by atoms with E-state index in [0.29, 0.717) is 17.1 Å². The number of halogens is 1. The molecular weight excluding hydrogens is 413 g/mol. The van der Waals surface area contributed by atoms with Crippen LogP contribution in [-0.4, -0.2) is 27.8 Å². The molecule has 1 N–H and O–H groups in total. The maximum absolute atomic E-state index is 14.8. The van der Waals surface area contributed by atoms with E-state index in [2.05, 4.69) is 0 Å². The molecule has 0 radical (unpaired) electrons. The Kier molecular flexibility index (Phi) is 5.81. The molecule has 3 aromatic rings. The molecule has 2 aromatic carbocycles. The molecule has 0 spiro atoms. The maximum atomic E-state index is 14.8. The number of furan rings is 1. The van der Waals surface area contributed by atoms with Crippen molar-refractivity contribution >= 4 is 17.4 Å². The molecule has 7 heteroatoms. The quantitative estimate of drug-likeness (QED) is 0.341. The third-order valence-electron chi connectivity index (χ3n) is 5.15. The minimum atomic E-state index is -1.10. The van der Waals surface area contributed by atoms with Crippen LogP contribution < -0.4 is 4.74 Å². The third kappa shape index (κ3) is 4.01. The van der Waals surface area contributed by atoms with E-state index in [-0.39, 0.29) is 29.5 Å². The van der Waals surface area contributed by atoms with Crippen molar-refractivity contribution in [3.63, 3.8) is 0 Å². The first kappa shape index (κ1) is 21.4. The van der Waals surface area contributed by atoms with Gasteiger partial charge in [-0.2, -0.15) is 0 Å². The Bertz CT molecular complexity index is 1170. The summed E-state index contributed by atoms with van der Waals surface area (Å²) in [5.41, 5.74) is 0.252. The van der Waals surface area contributed by atoms with Crippen molar-refractivity contribution in [2.24, 2.45) is 0 Å². The fourth-order valence-electron chi connectivity index (χ4n) is 3.75. The molecule has 1 atom stereocenters. The Morgan fingerprint density at radius 2 is 1.81 bits per heavy atom. The van der Waals surface area contributed by atoms with Crippen molar-refractivity contribution in [1.29, 1.82) is 0 Å². The van der Waals surface area contributed by atoms with Gasteiger partial charge in [-0.1, -0.05) is 18.2 Å². The van der Waals surface area contributed by atoms with E-state index >= 15 is 0 Å². The smallest absolute Gasteiger partial charge is 0.296 e. The van der Waals surface area contributed by atoms with Crippen molar-refractivity contribution in [2.45, 2.75) is 32.5 Å². The van der Waals surface area contributed by atoms with Crippen molar-refractivity contribution in [2.75, 3.05) is 0 Å². The fourth-order valence-corrected chi connectivity index (χ4v) is 3.75. The Balaban J connectivity index is 1.81. The van der Waals surface area contributed by atoms with Crippen molar-refractivity contribution in [1.82, 2.24) is 4.90 Å². The first-order valence-electron chi connectivity index (χ1n) is 10.2. The average Bonchev–Trinajstić information content (AvgIpc) is 3.36. The van der Waals surface area contributed by atoms with Crippen LogP contribution in [0.15, 0.2) is 76.9 Å². The van der Waals surface area contributed by atoms with Gasteiger partial charge in [0.1, 0.15) is 23.1 Å². The molecule has 1 aliphatic heterocycles. The van der Waals surface area contributed by atoms with Gasteiger partial charge in [0.25, 0.3) is 11.7 Å². The average molecular weight is 435 g/mol. The van der Waals surface area contributed by atoms with E-state index in [1.807, 2.05) is 13.8 Å². The summed E-state index contributed by atoms with van der Waals surface area (Å²) in [4.78, 5) is 27.1. The predicted octanol–water partition coefficient (Wildman–Crippen LogP) is 4.83. The second-order valence-electron chi connectivity index (χ2n) is 7.72. The second-order valence-corrected chi connectivity index (χ2v) is 7.72. The number of rotatable bonds is 6. The van der Waals surface area contributed by atoms with Gasteiger partial charge in [-0.15, -0.1) is 0 Å². The number of hydrogen-bond acceptors (Lipinski definition) is 5. The van der Waals surface area contributed by atoms with Crippen LogP contribution in [0.1, 0.15) is 36.8 Å². The number of ether oxygens (including phenoxy) is 1. The van der Waals surface area contributed by atoms with Crippen LogP contribution in [0.4, 0.5) is 4.39 Å². The summed E-state index contributed by atoms with van der Waals surface area (Å²) in [6, 6.07) is 14.6. The maximum Gasteiger partial charge on any atom is 0.296 e. The lowest BCUT2D eigenvalue weighted by Gasteiger charge is -2.24. The number of benzene rings is 2. The van der Waals surface area contributed by atoms with Gasteiger partial charge in [0, 0.05) is 11.1 Å². The minimum Gasteiger partial charge on any atom is -0.507 e. The summed E-state index contributed by atoms with van der Waals surface area (Å²) in [5.74, 6) is -1.66. The molecule has 0 bridgehead atoms. The number of nitrogens with zero attached hydrogens (tertiary/aromatic N) is 1. The molecule has 1 fully saturated rings. The van der Waals surface area contributed by atoms with E-state index in [1.54, 1.807) is 42.5 Å². The van der Waals surface area contributed by atoms with E-state index in [4.69, 9.17) is 9.15 Å². The number of amides is 1. The van der Waals surface area contributed by atoms with Gasteiger partial charge in [0.2, 0.25) is 0 Å². The Hall–Kier alpha value is -3.87. The van der Waals surface area contributed by atoms with E-state index in [1.165, 1.54) is 29.4 Å². The lowest BCUT2D eigenvalue weighted by atomic mass is 9.95.